The van der Waals surface area contributed by atoms with Crippen LogP contribution in [0.15, 0.2) is 35.4 Å². The van der Waals surface area contributed by atoms with Crippen molar-refractivity contribution in [3.63, 3.8) is 0 Å². The van der Waals surface area contributed by atoms with Crippen molar-refractivity contribution in [2.45, 2.75) is 38.3 Å². The zero-order chi connectivity index (χ0) is 15.5. The first-order valence-electron chi connectivity index (χ1n) is 6.64. The highest BCUT2D eigenvalue weighted by atomic mass is 32.2. The molecule has 2 rings (SSSR count). The first kappa shape index (κ1) is 15.5. The minimum absolute atomic E-state index is 0.0460. The molecule has 2 N–H and O–H groups in total. The third kappa shape index (κ3) is 4.05. The van der Waals surface area contributed by atoms with Gasteiger partial charge in [-0.25, -0.2) is 13.1 Å². The maximum Gasteiger partial charge on any atom is 0.240 e. The first-order valence-corrected chi connectivity index (χ1v) is 8.12. The summed E-state index contributed by atoms with van der Waals surface area (Å²) in [7, 11) is -3.56. The number of rotatable bonds is 6. The van der Waals surface area contributed by atoms with Crippen LogP contribution >= 0.6 is 0 Å². The van der Waals surface area contributed by atoms with Crippen LogP contribution in [0.25, 0.3) is 0 Å². The summed E-state index contributed by atoms with van der Waals surface area (Å²) < 4.78 is 32.6. The molecule has 6 nitrogen and oxygen atoms in total. The molecule has 21 heavy (non-hydrogen) atoms. The number of aryl methyl sites for hydroxylation is 1. The van der Waals surface area contributed by atoms with Gasteiger partial charge in [-0.3, -0.25) is 5.10 Å². The van der Waals surface area contributed by atoms with E-state index in [-0.39, 0.29) is 17.5 Å². The Balaban J connectivity index is 2.14. The van der Waals surface area contributed by atoms with E-state index >= 15 is 0 Å². The fourth-order valence-electron chi connectivity index (χ4n) is 1.81. The van der Waals surface area contributed by atoms with Crippen LogP contribution in [-0.4, -0.2) is 24.7 Å². The number of nitrogens with zero attached hydrogens (tertiary/aromatic N) is 1. The molecule has 0 fully saturated rings. The zero-order valence-electron chi connectivity index (χ0n) is 12.3. The molecule has 114 valence electrons. The molecule has 0 saturated carbocycles. The monoisotopic (exact) mass is 309 g/mol. The molecule has 0 unspecified atom stereocenters. The van der Waals surface area contributed by atoms with Gasteiger partial charge in [0.15, 0.2) is 0 Å². The Bertz CT molecular complexity index is 694. The van der Waals surface area contributed by atoms with Gasteiger partial charge in [-0.2, -0.15) is 5.10 Å². The van der Waals surface area contributed by atoms with Crippen LogP contribution in [0.1, 0.15) is 25.1 Å². The summed E-state index contributed by atoms with van der Waals surface area (Å²) in [6, 6.07) is 6.54. The molecule has 7 heteroatoms. The Hall–Kier alpha value is -1.86. The number of hydrogen-bond acceptors (Lipinski definition) is 4. The predicted octanol–water partition coefficient (Wildman–Crippen LogP) is 1.98. The maximum absolute atomic E-state index is 12.2. The number of sulfonamides is 1. The molecule has 0 saturated heterocycles. The molecule has 1 aromatic carbocycles. The first-order chi connectivity index (χ1) is 9.88. The average Bonchev–Trinajstić information content (AvgIpc) is 2.91. The molecular formula is C14H19N3O3S. The largest absolute Gasteiger partial charge is 0.491 e. The highest BCUT2D eigenvalue weighted by Crippen LogP contribution is 2.22. The maximum atomic E-state index is 12.2. The summed E-state index contributed by atoms with van der Waals surface area (Å²) in [5.74, 6) is 0.692. The Kier molecular flexibility index (Phi) is 4.64. The van der Waals surface area contributed by atoms with Crippen LogP contribution in [0.2, 0.25) is 0 Å². The van der Waals surface area contributed by atoms with Gasteiger partial charge in [0.1, 0.15) is 5.75 Å². The van der Waals surface area contributed by atoms with Crippen molar-refractivity contribution in [3.05, 3.63) is 41.7 Å². The number of H-pyrrole nitrogens is 1. The number of benzene rings is 1. The predicted molar refractivity (Wildman–Crippen MR) is 79.6 cm³/mol. The molecule has 0 aliphatic heterocycles. The number of nitrogens with one attached hydrogen (secondary N) is 2. The Morgan fingerprint density at radius 1 is 1.33 bits per heavy atom. The van der Waals surface area contributed by atoms with Crippen molar-refractivity contribution in [1.29, 1.82) is 0 Å². The van der Waals surface area contributed by atoms with Gasteiger partial charge in [-0.1, -0.05) is 0 Å². The molecule has 2 aromatic rings. The molecule has 0 radical (unpaired) electrons. The van der Waals surface area contributed by atoms with E-state index in [0.29, 0.717) is 11.4 Å². The lowest BCUT2D eigenvalue weighted by molar-refractivity contribution is 0.240. The van der Waals surface area contributed by atoms with Gasteiger partial charge in [0.05, 0.1) is 23.2 Å². The minimum Gasteiger partial charge on any atom is -0.491 e. The molecular weight excluding hydrogens is 290 g/mol. The third-order valence-corrected chi connectivity index (χ3v) is 4.23. The Labute approximate surface area is 124 Å². The average molecular weight is 309 g/mol. The fraction of sp³-hybridized carbons (Fsp3) is 0.357. The van der Waals surface area contributed by atoms with Crippen molar-refractivity contribution in [2.75, 3.05) is 0 Å². The van der Waals surface area contributed by atoms with Gasteiger partial charge in [-0.15, -0.1) is 0 Å². The second-order valence-electron chi connectivity index (χ2n) is 5.00. The number of ether oxygens (including phenoxy) is 1. The molecule has 1 aromatic heterocycles. The molecule has 0 atom stereocenters. The number of hydrogen-bond donors (Lipinski definition) is 2. The summed E-state index contributed by atoms with van der Waals surface area (Å²) in [4.78, 5) is 0.218. The topological polar surface area (TPSA) is 84.1 Å². The summed E-state index contributed by atoms with van der Waals surface area (Å²) in [6.45, 7) is 5.85. The summed E-state index contributed by atoms with van der Waals surface area (Å²) in [5.41, 5.74) is 1.49. The van der Waals surface area contributed by atoms with Gasteiger partial charge in [0.2, 0.25) is 10.0 Å². The number of aromatic nitrogens is 2. The van der Waals surface area contributed by atoms with Crippen molar-refractivity contribution < 1.29 is 13.2 Å². The van der Waals surface area contributed by atoms with Crippen molar-refractivity contribution in [1.82, 2.24) is 14.9 Å². The van der Waals surface area contributed by atoms with Gasteiger partial charge < -0.3 is 4.74 Å². The zero-order valence-corrected chi connectivity index (χ0v) is 13.1. The van der Waals surface area contributed by atoms with Gasteiger partial charge >= 0.3 is 0 Å². The Morgan fingerprint density at radius 3 is 2.67 bits per heavy atom. The van der Waals surface area contributed by atoms with E-state index in [4.69, 9.17) is 4.74 Å². The van der Waals surface area contributed by atoms with Crippen LogP contribution in [0.5, 0.6) is 5.75 Å². The van der Waals surface area contributed by atoms with E-state index in [1.807, 2.05) is 20.8 Å². The van der Waals surface area contributed by atoms with Crippen LogP contribution in [-0.2, 0) is 16.6 Å². The lowest BCUT2D eigenvalue weighted by atomic mass is 10.2. The molecule has 0 spiro atoms. The van der Waals surface area contributed by atoms with Crippen LogP contribution in [0, 0.1) is 6.92 Å². The van der Waals surface area contributed by atoms with Gasteiger partial charge in [0, 0.05) is 6.20 Å². The molecule has 0 bridgehead atoms. The third-order valence-electron chi connectivity index (χ3n) is 2.83. The van der Waals surface area contributed by atoms with Crippen molar-refractivity contribution in [2.24, 2.45) is 0 Å². The lowest BCUT2D eigenvalue weighted by Gasteiger charge is -2.13. The SMILES string of the molecule is Cc1cc(S(=O)(=O)NCc2ccn[nH]2)ccc1OC(C)C. The minimum atomic E-state index is -3.56. The van der Waals surface area contributed by atoms with Crippen molar-refractivity contribution in [3.8, 4) is 5.75 Å². The summed E-state index contributed by atoms with van der Waals surface area (Å²) in [5, 5.41) is 6.48. The standard InChI is InChI=1S/C14H19N3O3S/c1-10(2)20-14-5-4-13(8-11(14)3)21(18,19)16-9-12-6-7-15-17-12/h4-8,10,16H,9H2,1-3H3,(H,15,17). The summed E-state index contributed by atoms with van der Waals surface area (Å²) >= 11 is 0. The molecule has 1 heterocycles. The van der Waals surface area contributed by atoms with Crippen LogP contribution in [0.4, 0.5) is 0 Å². The molecule has 0 aliphatic carbocycles. The second-order valence-corrected chi connectivity index (χ2v) is 6.77. The van der Waals surface area contributed by atoms with E-state index in [2.05, 4.69) is 14.9 Å². The van der Waals surface area contributed by atoms with Gasteiger partial charge in [-0.05, 0) is 50.6 Å². The van der Waals surface area contributed by atoms with Gasteiger partial charge in [0.25, 0.3) is 0 Å². The Morgan fingerprint density at radius 2 is 2.10 bits per heavy atom. The van der Waals surface area contributed by atoms with E-state index in [0.717, 1.165) is 5.56 Å². The molecule has 0 aliphatic rings. The van der Waals surface area contributed by atoms with E-state index in [1.165, 1.54) is 0 Å². The highest BCUT2D eigenvalue weighted by molar-refractivity contribution is 7.89. The van der Waals surface area contributed by atoms with E-state index in [1.54, 1.807) is 30.5 Å². The smallest absolute Gasteiger partial charge is 0.240 e. The molecule has 0 amide bonds. The van der Waals surface area contributed by atoms with Crippen molar-refractivity contribution >= 4 is 10.0 Å². The number of aromatic amines is 1. The van der Waals surface area contributed by atoms with E-state index < -0.39 is 10.0 Å². The quantitative estimate of drug-likeness (QED) is 0.854. The van der Waals surface area contributed by atoms with E-state index in [9.17, 15) is 8.42 Å². The normalized spacial score (nSPS) is 11.8. The second kappa shape index (κ2) is 6.28. The summed E-state index contributed by atoms with van der Waals surface area (Å²) in [6.07, 6.45) is 1.62. The highest BCUT2D eigenvalue weighted by Gasteiger charge is 2.15. The van der Waals surface area contributed by atoms with Crippen LogP contribution in [0.3, 0.4) is 0 Å². The fourth-order valence-corrected chi connectivity index (χ4v) is 2.91. The van der Waals surface area contributed by atoms with Crippen LogP contribution < -0.4 is 9.46 Å². The lowest BCUT2D eigenvalue weighted by Crippen LogP contribution is -2.23.